The highest BCUT2D eigenvalue weighted by molar-refractivity contribution is 6.05. The van der Waals surface area contributed by atoms with Crippen LogP contribution in [-0.2, 0) is 19.1 Å². The normalized spacial score (nSPS) is 46.2. The van der Waals surface area contributed by atoms with Crippen molar-refractivity contribution in [1.29, 1.82) is 5.26 Å². The quantitative estimate of drug-likeness (QED) is 0.530. The van der Waals surface area contributed by atoms with Crippen LogP contribution in [0, 0.1) is 62.1 Å². The number of nitriles is 1. The molecule has 200 valence electrons. The molecule has 0 aromatic rings. The van der Waals surface area contributed by atoms with E-state index in [1.807, 2.05) is 6.08 Å². The highest BCUT2D eigenvalue weighted by Crippen LogP contribution is 2.70. The molecular weight excluding hydrogens is 466 g/mol. The number of esters is 1. The van der Waals surface area contributed by atoms with Crippen LogP contribution in [0.4, 0.5) is 0 Å². The smallest absolute Gasteiger partial charge is 0.312 e. The van der Waals surface area contributed by atoms with Gasteiger partial charge < -0.3 is 9.84 Å². The summed E-state index contributed by atoms with van der Waals surface area (Å²) < 4.78 is 5.36. The molecule has 0 aromatic carbocycles. The first-order chi connectivity index (χ1) is 17.2. The van der Waals surface area contributed by atoms with E-state index in [0.29, 0.717) is 0 Å². The molecule has 3 fully saturated rings. The number of ketones is 2. The molecule has 0 saturated heterocycles. The third-order valence-corrected chi connectivity index (χ3v) is 11.8. The molecule has 6 nitrogen and oxygen atoms in total. The van der Waals surface area contributed by atoms with E-state index >= 15 is 0 Å². The standard InChI is InChI=1S/C31H41NO5/c1-27(2)11-12-31(26(36)37-6)10-7-19-24(20(31)15-27)21(34)13-23-28(19,3)9-8-22-29(23,4)14-18(16-32)25(35)30(22,5)17-33/h13-14,19-20,22,24,33H,7-12,15,17H2,1-6H3/t19?,20?,22?,24?,28-,29-,30+,31+/m0/s1. The Morgan fingerprint density at radius 3 is 2.41 bits per heavy atom. The molecule has 6 heteroatoms. The molecule has 0 aliphatic heterocycles. The lowest BCUT2D eigenvalue weighted by Crippen LogP contribution is -2.62. The molecule has 4 unspecified atom stereocenters. The van der Waals surface area contributed by atoms with Gasteiger partial charge in [-0.2, -0.15) is 5.26 Å². The monoisotopic (exact) mass is 507 g/mol. The number of allylic oxidation sites excluding steroid dienone is 4. The minimum Gasteiger partial charge on any atom is -0.469 e. The van der Waals surface area contributed by atoms with E-state index in [1.165, 1.54) is 7.11 Å². The van der Waals surface area contributed by atoms with Crippen LogP contribution in [0.2, 0.25) is 0 Å². The van der Waals surface area contributed by atoms with Crippen molar-refractivity contribution in [1.82, 2.24) is 0 Å². The van der Waals surface area contributed by atoms with Gasteiger partial charge in [-0.05, 0) is 86.5 Å². The van der Waals surface area contributed by atoms with Crippen LogP contribution >= 0.6 is 0 Å². The van der Waals surface area contributed by atoms with Crippen LogP contribution in [0.25, 0.3) is 0 Å². The molecule has 0 radical (unpaired) electrons. The zero-order valence-corrected chi connectivity index (χ0v) is 23.1. The third kappa shape index (κ3) is 3.28. The first-order valence-corrected chi connectivity index (χ1v) is 13.9. The highest BCUT2D eigenvalue weighted by atomic mass is 16.5. The van der Waals surface area contributed by atoms with Crippen LogP contribution in [0.3, 0.4) is 0 Å². The average molecular weight is 508 g/mol. The number of carbonyl (C=O) groups is 3. The number of Topliss-reactive ketones (excluding diaryl/α,β-unsaturated/α-hetero) is 1. The van der Waals surface area contributed by atoms with Gasteiger partial charge in [0.15, 0.2) is 11.6 Å². The number of aliphatic hydroxyl groups excluding tert-OH is 1. The Bertz CT molecular complexity index is 1170. The number of hydrogen-bond donors (Lipinski definition) is 1. The summed E-state index contributed by atoms with van der Waals surface area (Å²) in [6.07, 6.45) is 9.19. The van der Waals surface area contributed by atoms with Gasteiger partial charge in [0, 0.05) is 11.3 Å². The molecule has 1 N–H and O–H groups in total. The Labute approximate surface area is 220 Å². The van der Waals surface area contributed by atoms with Crippen LogP contribution < -0.4 is 0 Å². The Morgan fingerprint density at radius 1 is 1.08 bits per heavy atom. The molecule has 0 spiro atoms. The molecule has 8 atom stereocenters. The number of fused-ring (bicyclic) bond motifs is 7. The van der Waals surface area contributed by atoms with Crippen molar-refractivity contribution in [3.05, 3.63) is 23.3 Å². The topological polar surface area (TPSA) is 104 Å². The van der Waals surface area contributed by atoms with Crippen molar-refractivity contribution < 1.29 is 24.2 Å². The Hall–Kier alpha value is -2.26. The van der Waals surface area contributed by atoms with Gasteiger partial charge in [-0.25, -0.2) is 0 Å². The third-order valence-electron chi connectivity index (χ3n) is 11.8. The van der Waals surface area contributed by atoms with Crippen LogP contribution in [0.5, 0.6) is 0 Å². The summed E-state index contributed by atoms with van der Waals surface area (Å²) in [5.74, 6) is -0.790. The summed E-state index contributed by atoms with van der Waals surface area (Å²) in [6, 6.07) is 2.08. The van der Waals surface area contributed by atoms with Crippen LogP contribution in [0.15, 0.2) is 23.3 Å². The molecule has 0 aromatic heterocycles. The van der Waals surface area contributed by atoms with Crippen LogP contribution in [0.1, 0.15) is 79.6 Å². The maximum atomic E-state index is 14.2. The van der Waals surface area contributed by atoms with E-state index in [1.54, 1.807) is 13.0 Å². The molecule has 0 heterocycles. The van der Waals surface area contributed by atoms with E-state index in [9.17, 15) is 24.8 Å². The number of nitrogens with zero attached hydrogens (tertiary/aromatic N) is 1. The Kier molecular flexibility index (Phi) is 5.78. The molecule has 37 heavy (non-hydrogen) atoms. The fraction of sp³-hybridized carbons (Fsp3) is 0.742. The predicted octanol–water partition coefficient (Wildman–Crippen LogP) is 4.96. The van der Waals surface area contributed by atoms with Crippen molar-refractivity contribution in [3.63, 3.8) is 0 Å². The van der Waals surface area contributed by atoms with Gasteiger partial charge in [0.2, 0.25) is 0 Å². The van der Waals surface area contributed by atoms with Gasteiger partial charge in [-0.15, -0.1) is 0 Å². The van der Waals surface area contributed by atoms with Gasteiger partial charge in [0.05, 0.1) is 30.1 Å². The summed E-state index contributed by atoms with van der Waals surface area (Å²) in [5.41, 5.74) is -1.49. The fourth-order valence-corrected chi connectivity index (χ4v) is 9.84. The lowest BCUT2D eigenvalue weighted by molar-refractivity contribution is -0.178. The summed E-state index contributed by atoms with van der Waals surface area (Å²) >= 11 is 0. The average Bonchev–Trinajstić information content (AvgIpc) is 2.86. The van der Waals surface area contributed by atoms with Gasteiger partial charge >= 0.3 is 5.97 Å². The predicted molar refractivity (Wildman–Crippen MR) is 138 cm³/mol. The molecule has 5 aliphatic carbocycles. The van der Waals surface area contributed by atoms with Gasteiger partial charge in [-0.1, -0.05) is 39.3 Å². The van der Waals surface area contributed by atoms with Crippen molar-refractivity contribution in [3.8, 4) is 6.07 Å². The van der Waals surface area contributed by atoms with Gasteiger partial charge in [0.1, 0.15) is 6.07 Å². The zero-order chi connectivity index (χ0) is 27.2. The molecule has 0 amide bonds. The maximum Gasteiger partial charge on any atom is 0.312 e. The minimum absolute atomic E-state index is 0.0516. The number of methoxy groups -OCH3 is 1. The summed E-state index contributed by atoms with van der Waals surface area (Å²) in [5, 5.41) is 20.2. The molecule has 5 rings (SSSR count). The van der Waals surface area contributed by atoms with E-state index in [0.717, 1.165) is 50.5 Å². The number of carbonyl (C=O) groups excluding carboxylic acids is 3. The summed E-state index contributed by atoms with van der Waals surface area (Å²) in [7, 11) is 1.46. The van der Waals surface area contributed by atoms with Crippen molar-refractivity contribution in [2.45, 2.75) is 79.6 Å². The first kappa shape index (κ1) is 26.4. The first-order valence-electron chi connectivity index (χ1n) is 13.9. The second kappa shape index (κ2) is 8.12. The van der Waals surface area contributed by atoms with Gasteiger partial charge in [0.25, 0.3) is 0 Å². The SMILES string of the molecule is COC(=O)[C@@]12CCC3C(C(=O)C=C4[C@@]5(C)C=C(C#N)C(=O)[C@](C)(CO)C5CC[C@]43C)C1CC(C)(C)CC2. The lowest BCUT2D eigenvalue weighted by atomic mass is 9.38. The molecule has 3 saturated carbocycles. The number of aliphatic hydroxyl groups is 1. The number of hydrogen-bond acceptors (Lipinski definition) is 6. The van der Waals surface area contributed by atoms with Crippen molar-refractivity contribution >= 4 is 17.5 Å². The fourth-order valence-electron chi connectivity index (χ4n) is 9.84. The number of ether oxygens (including phenoxy) is 1. The Morgan fingerprint density at radius 2 is 1.78 bits per heavy atom. The second-order valence-electron chi connectivity index (χ2n) is 14.1. The van der Waals surface area contributed by atoms with Crippen molar-refractivity contribution in [2.75, 3.05) is 13.7 Å². The van der Waals surface area contributed by atoms with Crippen LogP contribution in [-0.4, -0.2) is 36.4 Å². The largest absolute Gasteiger partial charge is 0.469 e. The molecule has 0 bridgehead atoms. The Balaban J connectivity index is 1.66. The second-order valence-corrected chi connectivity index (χ2v) is 14.1. The van der Waals surface area contributed by atoms with E-state index < -0.39 is 16.2 Å². The lowest BCUT2D eigenvalue weighted by Gasteiger charge is -2.64. The van der Waals surface area contributed by atoms with E-state index in [2.05, 4.69) is 33.8 Å². The zero-order valence-electron chi connectivity index (χ0n) is 23.1. The maximum absolute atomic E-state index is 14.2. The van der Waals surface area contributed by atoms with E-state index in [4.69, 9.17) is 4.74 Å². The highest BCUT2D eigenvalue weighted by Gasteiger charge is 2.67. The van der Waals surface area contributed by atoms with Crippen molar-refractivity contribution in [2.24, 2.45) is 50.7 Å². The number of rotatable bonds is 2. The molecular formula is C31H41NO5. The summed E-state index contributed by atoms with van der Waals surface area (Å²) in [6.45, 7) is 10.2. The minimum atomic E-state index is -1.06. The van der Waals surface area contributed by atoms with E-state index in [-0.39, 0.29) is 64.2 Å². The van der Waals surface area contributed by atoms with Gasteiger partial charge in [-0.3, -0.25) is 14.4 Å². The molecule has 5 aliphatic rings. The summed E-state index contributed by atoms with van der Waals surface area (Å²) in [4.78, 5) is 40.7.